The zero-order valence-electron chi connectivity index (χ0n) is 10.4. The van der Waals surface area contributed by atoms with E-state index in [4.69, 9.17) is 0 Å². The maximum Gasteiger partial charge on any atom is 0.306 e. The van der Waals surface area contributed by atoms with E-state index in [9.17, 15) is 9.90 Å². The molecule has 0 aliphatic heterocycles. The molecule has 0 amide bonds. The van der Waals surface area contributed by atoms with Gasteiger partial charge in [-0.05, 0) is 36.8 Å². The van der Waals surface area contributed by atoms with Gasteiger partial charge in [-0.1, -0.05) is 43.5 Å². The molecule has 1 N–H and O–H groups in total. The second-order valence-corrected chi connectivity index (χ2v) is 5.20. The molecule has 1 aromatic carbocycles. The van der Waals surface area contributed by atoms with E-state index in [1.807, 2.05) is 18.2 Å². The fourth-order valence-corrected chi connectivity index (χ4v) is 2.51. The van der Waals surface area contributed by atoms with Crippen LogP contribution in [0, 0.1) is 18.8 Å². The first-order valence-corrected chi connectivity index (χ1v) is 6.44. The monoisotopic (exact) mass is 232 g/mol. The summed E-state index contributed by atoms with van der Waals surface area (Å²) in [7, 11) is 0. The molecule has 92 valence electrons. The molecule has 1 unspecified atom stereocenters. The molecule has 2 rings (SSSR count). The van der Waals surface area contributed by atoms with Gasteiger partial charge in [0.05, 0.1) is 5.92 Å². The predicted octanol–water partition coefficient (Wildman–Crippen LogP) is 3.43. The van der Waals surface area contributed by atoms with Gasteiger partial charge in [-0.3, -0.25) is 4.79 Å². The Labute approximate surface area is 103 Å². The zero-order chi connectivity index (χ0) is 12.3. The summed E-state index contributed by atoms with van der Waals surface area (Å²) in [4.78, 5) is 11.3. The van der Waals surface area contributed by atoms with Crippen molar-refractivity contribution in [2.24, 2.45) is 11.8 Å². The summed E-state index contributed by atoms with van der Waals surface area (Å²) in [6.45, 7) is 2.05. The Kier molecular flexibility index (Phi) is 3.82. The van der Waals surface area contributed by atoms with Gasteiger partial charge in [-0.15, -0.1) is 0 Å². The van der Waals surface area contributed by atoms with Crippen molar-refractivity contribution in [3.05, 3.63) is 35.4 Å². The molecule has 2 heteroatoms. The third kappa shape index (κ3) is 3.09. The third-order valence-corrected chi connectivity index (χ3v) is 3.92. The molecular weight excluding hydrogens is 212 g/mol. The molecule has 0 saturated heterocycles. The Morgan fingerprint density at radius 2 is 2.12 bits per heavy atom. The average Bonchev–Trinajstić information content (AvgIpc) is 2.23. The van der Waals surface area contributed by atoms with E-state index in [0.29, 0.717) is 12.3 Å². The quantitative estimate of drug-likeness (QED) is 0.844. The summed E-state index contributed by atoms with van der Waals surface area (Å²) in [6.07, 6.45) is 5.25. The highest BCUT2D eigenvalue weighted by atomic mass is 16.4. The van der Waals surface area contributed by atoms with Gasteiger partial charge in [0.25, 0.3) is 0 Å². The Morgan fingerprint density at radius 3 is 2.65 bits per heavy atom. The Hall–Kier alpha value is -1.31. The first kappa shape index (κ1) is 12.2. The summed E-state index contributed by atoms with van der Waals surface area (Å²) in [5.74, 6) is -0.193. The number of hydrogen-bond acceptors (Lipinski definition) is 1. The van der Waals surface area contributed by atoms with Crippen LogP contribution < -0.4 is 0 Å². The van der Waals surface area contributed by atoms with Gasteiger partial charge in [0.15, 0.2) is 0 Å². The van der Waals surface area contributed by atoms with Crippen molar-refractivity contribution < 1.29 is 9.90 Å². The lowest BCUT2D eigenvalue weighted by Crippen LogP contribution is -2.23. The fourth-order valence-electron chi connectivity index (χ4n) is 2.51. The van der Waals surface area contributed by atoms with Crippen LogP contribution >= 0.6 is 0 Å². The van der Waals surface area contributed by atoms with E-state index in [1.54, 1.807) is 0 Å². The van der Waals surface area contributed by atoms with Crippen LogP contribution in [-0.2, 0) is 11.2 Å². The van der Waals surface area contributed by atoms with Crippen LogP contribution in [0.3, 0.4) is 0 Å². The number of benzene rings is 1. The third-order valence-electron chi connectivity index (χ3n) is 3.92. The van der Waals surface area contributed by atoms with E-state index in [2.05, 4.69) is 13.0 Å². The van der Waals surface area contributed by atoms with Crippen LogP contribution in [0.4, 0.5) is 0 Å². The van der Waals surface area contributed by atoms with E-state index < -0.39 is 5.97 Å². The molecule has 1 fully saturated rings. The van der Waals surface area contributed by atoms with Gasteiger partial charge in [0.2, 0.25) is 0 Å². The van der Waals surface area contributed by atoms with Crippen LogP contribution in [0.25, 0.3) is 0 Å². The molecule has 1 saturated carbocycles. The summed E-state index contributed by atoms with van der Waals surface area (Å²) < 4.78 is 0. The van der Waals surface area contributed by atoms with Gasteiger partial charge >= 0.3 is 5.97 Å². The summed E-state index contributed by atoms with van der Waals surface area (Å²) in [5, 5.41) is 9.29. The maximum absolute atomic E-state index is 11.3. The van der Waals surface area contributed by atoms with Gasteiger partial charge in [0, 0.05) is 0 Å². The summed E-state index contributed by atoms with van der Waals surface area (Å²) >= 11 is 0. The van der Waals surface area contributed by atoms with Gasteiger partial charge in [-0.2, -0.15) is 0 Å². The highest BCUT2D eigenvalue weighted by Crippen LogP contribution is 2.33. The van der Waals surface area contributed by atoms with Crippen molar-refractivity contribution >= 4 is 5.97 Å². The number of carboxylic acid groups (broad SMARTS) is 1. The Morgan fingerprint density at radius 1 is 1.41 bits per heavy atom. The summed E-state index contributed by atoms with van der Waals surface area (Å²) in [6, 6.07) is 8.09. The number of rotatable bonds is 5. The fraction of sp³-hybridized carbons (Fsp3) is 0.533. The predicted molar refractivity (Wildman–Crippen MR) is 68.0 cm³/mol. The van der Waals surface area contributed by atoms with E-state index in [-0.39, 0.29) is 5.92 Å². The van der Waals surface area contributed by atoms with E-state index in [0.717, 1.165) is 6.42 Å². The van der Waals surface area contributed by atoms with Gasteiger partial charge < -0.3 is 5.11 Å². The van der Waals surface area contributed by atoms with Crippen molar-refractivity contribution in [2.45, 2.75) is 39.0 Å². The van der Waals surface area contributed by atoms with Gasteiger partial charge in [-0.25, -0.2) is 0 Å². The molecule has 1 aliphatic carbocycles. The molecule has 1 atom stereocenters. The lowest BCUT2D eigenvalue weighted by atomic mass is 9.77. The normalized spacial score (nSPS) is 17.5. The smallest absolute Gasteiger partial charge is 0.306 e. The number of carbonyl (C=O) groups is 1. The second-order valence-electron chi connectivity index (χ2n) is 5.20. The van der Waals surface area contributed by atoms with Crippen LogP contribution in [-0.4, -0.2) is 11.1 Å². The molecule has 1 aliphatic rings. The standard InChI is InChI=1S/C15H20O2/c1-11-5-2-3-8-13(11)10-14(15(16)17)9-12-6-4-7-12/h2-3,5,8,12,14H,4,6-7,9-10H2,1H3,(H,16,17). The SMILES string of the molecule is Cc1ccccc1CC(CC1CCC1)C(=O)O. The van der Waals surface area contributed by atoms with Crippen LogP contribution in [0.2, 0.25) is 0 Å². The molecule has 17 heavy (non-hydrogen) atoms. The largest absolute Gasteiger partial charge is 0.481 e. The number of carboxylic acids is 1. The van der Waals surface area contributed by atoms with Crippen molar-refractivity contribution in [1.29, 1.82) is 0 Å². The van der Waals surface area contributed by atoms with Crippen LogP contribution in [0.15, 0.2) is 24.3 Å². The van der Waals surface area contributed by atoms with Gasteiger partial charge in [0.1, 0.15) is 0 Å². The van der Waals surface area contributed by atoms with Crippen molar-refractivity contribution in [3.8, 4) is 0 Å². The van der Waals surface area contributed by atoms with Crippen molar-refractivity contribution in [2.75, 3.05) is 0 Å². The molecule has 0 bridgehead atoms. The second kappa shape index (κ2) is 5.35. The molecule has 0 heterocycles. The van der Waals surface area contributed by atoms with Crippen molar-refractivity contribution in [1.82, 2.24) is 0 Å². The molecular formula is C15H20O2. The van der Waals surface area contributed by atoms with Crippen LogP contribution in [0.5, 0.6) is 0 Å². The van der Waals surface area contributed by atoms with Crippen molar-refractivity contribution in [3.63, 3.8) is 0 Å². The first-order chi connectivity index (χ1) is 8.16. The topological polar surface area (TPSA) is 37.3 Å². The minimum atomic E-state index is -0.639. The average molecular weight is 232 g/mol. The molecule has 0 spiro atoms. The minimum Gasteiger partial charge on any atom is -0.481 e. The van der Waals surface area contributed by atoms with Crippen LogP contribution in [0.1, 0.15) is 36.8 Å². The number of hydrogen-bond donors (Lipinski definition) is 1. The molecule has 0 radical (unpaired) electrons. The summed E-state index contributed by atoms with van der Waals surface area (Å²) in [5.41, 5.74) is 2.38. The zero-order valence-corrected chi connectivity index (χ0v) is 10.4. The van der Waals surface area contributed by atoms with E-state index in [1.165, 1.54) is 30.4 Å². The first-order valence-electron chi connectivity index (χ1n) is 6.44. The number of aliphatic carboxylic acids is 1. The lowest BCUT2D eigenvalue weighted by Gasteiger charge is -2.28. The molecule has 0 aromatic heterocycles. The Bertz CT molecular complexity index is 394. The maximum atomic E-state index is 11.3. The minimum absolute atomic E-state index is 0.207. The highest BCUT2D eigenvalue weighted by Gasteiger charge is 2.26. The lowest BCUT2D eigenvalue weighted by molar-refractivity contribution is -0.142. The molecule has 1 aromatic rings. The number of aryl methyl sites for hydroxylation is 1. The van der Waals surface area contributed by atoms with E-state index >= 15 is 0 Å². The Balaban J connectivity index is 2.01. The highest BCUT2D eigenvalue weighted by molar-refractivity contribution is 5.70. The molecule has 2 nitrogen and oxygen atoms in total.